The summed E-state index contributed by atoms with van der Waals surface area (Å²) in [6.07, 6.45) is 0. The summed E-state index contributed by atoms with van der Waals surface area (Å²) in [7, 11) is 1.65. The lowest BCUT2D eigenvalue weighted by molar-refractivity contribution is 0.410. The lowest BCUT2D eigenvalue weighted by atomic mass is 10.1. The van der Waals surface area contributed by atoms with Crippen molar-refractivity contribution in [2.75, 3.05) is 12.4 Å². The van der Waals surface area contributed by atoms with Gasteiger partial charge in [-0.3, -0.25) is 0 Å². The van der Waals surface area contributed by atoms with E-state index in [-0.39, 0.29) is 0 Å². The number of anilines is 1. The zero-order valence-electron chi connectivity index (χ0n) is 10.8. The molecule has 0 aliphatic heterocycles. The maximum atomic E-state index is 6.01. The van der Waals surface area contributed by atoms with Crippen molar-refractivity contribution >= 4 is 28.9 Å². The quantitative estimate of drug-likeness (QED) is 0.864. The molecular formula is C15H15Cl2NO. The predicted molar refractivity (Wildman–Crippen MR) is 81.5 cm³/mol. The van der Waals surface area contributed by atoms with Gasteiger partial charge in [-0.2, -0.15) is 0 Å². The van der Waals surface area contributed by atoms with Crippen LogP contribution >= 0.6 is 23.2 Å². The Morgan fingerprint density at radius 1 is 1.05 bits per heavy atom. The van der Waals surface area contributed by atoms with Gasteiger partial charge in [0.1, 0.15) is 5.75 Å². The molecule has 0 aromatic heterocycles. The van der Waals surface area contributed by atoms with Crippen LogP contribution in [0.25, 0.3) is 0 Å². The highest BCUT2D eigenvalue weighted by Crippen LogP contribution is 2.25. The molecule has 0 aliphatic carbocycles. The molecule has 19 heavy (non-hydrogen) atoms. The molecule has 0 saturated heterocycles. The number of halogens is 2. The summed E-state index contributed by atoms with van der Waals surface area (Å²) in [6, 6.07) is 11.3. The molecule has 100 valence electrons. The average Bonchev–Trinajstić information content (AvgIpc) is 2.40. The van der Waals surface area contributed by atoms with Crippen molar-refractivity contribution in [2.45, 2.75) is 13.5 Å². The van der Waals surface area contributed by atoms with E-state index < -0.39 is 0 Å². The Kier molecular flexibility index (Phi) is 4.56. The highest BCUT2D eigenvalue weighted by Gasteiger charge is 2.05. The van der Waals surface area contributed by atoms with E-state index in [1.54, 1.807) is 7.11 Å². The zero-order valence-corrected chi connectivity index (χ0v) is 12.3. The number of rotatable bonds is 4. The van der Waals surface area contributed by atoms with Gasteiger partial charge in [0.2, 0.25) is 0 Å². The summed E-state index contributed by atoms with van der Waals surface area (Å²) >= 11 is 12.0. The normalized spacial score (nSPS) is 10.3. The molecule has 2 rings (SSSR count). The molecule has 0 spiro atoms. The van der Waals surface area contributed by atoms with Crippen LogP contribution in [0.1, 0.15) is 11.1 Å². The zero-order chi connectivity index (χ0) is 13.8. The van der Waals surface area contributed by atoms with Crippen LogP contribution in [-0.4, -0.2) is 7.11 Å². The lowest BCUT2D eigenvalue weighted by Crippen LogP contribution is -2.03. The van der Waals surface area contributed by atoms with Gasteiger partial charge in [-0.05, 0) is 42.8 Å². The number of methoxy groups -OCH3 is 1. The minimum Gasteiger partial charge on any atom is -0.496 e. The standard InChI is InChI=1S/C15H15Cl2NO/c1-10-3-4-13(17)8-14(10)18-9-11-7-12(16)5-6-15(11)19-2/h3-8,18H,9H2,1-2H3. The highest BCUT2D eigenvalue weighted by atomic mass is 35.5. The van der Waals surface area contributed by atoms with Crippen LogP contribution in [-0.2, 0) is 6.54 Å². The van der Waals surface area contributed by atoms with Crippen LogP contribution < -0.4 is 10.1 Å². The van der Waals surface area contributed by atoms with Crippen LogP contribution in [0.3, 0.4) is 0 Å². The Morgan fingerprint density at radius 3 is 2.47 bits per heavy atom. The van der Waals surface area contributed by atoms with E-state index in [0.29, 0.717) is 16.6 Å². The molecule has 0 radical (unpaired) electrons. The monoisotopic (exact) mass is 295 g/mol. The Morgan fingerprint density at radius 2 is 1.74 bits per heavy atom. The van der Waals surface area contributed by atoms with Crippen LogP contribution in [0, 0.1) is 6.92 Å². The van der Waals surface area contributed by atoms with E-state index in [1.165, 1.54) is 0 Å². The first-order valence-corrected chi connectivity index (χ1v) is 6.68. The van der Waals surface area contributed by atoms with Gasteiger partial charge in [-0.15, -0.1) is 0 Å². The fourth-order valence-electron chi connectivity index (χ4n) is 1.86. The molecule has 2 aromatic carbocycles. The lowest BCUT2D eigenvalue weighted by Gasteiger charge is -2.13. The van der Waals surface area contributed by atoms with E-state index in [2.05, 4.69) is 5.32 Å². The SMILES string of the molecule is COc1ccc(Cl)cc1CNc1cc(Cl)ccc1C. The van der Waals surface area contributed by atoms with E-state index in [4.69, 9.17) is 27.9 Å². The maximum Gasteiger partial charge on any atom is 0.123 e. The summed E-state index contributed by atoms with van der Waals surface area (Å²) in [5.74, 6) is 0.816. The predicted octanol–water partition coefficient (Wildman–Crippen LogP) is 4.92. The third-order valence-electron chi connectivity index (χ3n) is 2.91. The topological polar surface area (TPSA) is 21.3 Å². The fourth-order valence-corrected chi connectivity index (χ4v) is 2.23. The molecular weight excluding hydrogens is 281 g/mol. The van der Waals surface area contributed by atoms with E-state index in [0.717, 1.165) is 22.6 Å². The second-order valence-corrected chi connectivity index (χ2v) is 5.14. The van der Waals surface area contributed by atoms with Crippen molar-refractivity contribution in [3.63, 3.8) is 0 Å². The summed E-state index contributed by atoms with van der Waals surface area (Å²) in [6.45, 7) is 2.67. The number of nitrogens with one attached hydrogen (secondary N) is 1. The number of ether oxygens (including phenoxy) is 1. The molecule has 0 atom stereocenters. The summed E-state index contributed by atoms with van der Waals surface area (Å²) in [5.41, 5.74) is 3.16. The number of benzene rings is 2. The van der Waals surface area contributed by atoms with Crippen molar-refractivity contribution in [1.29, 1.82) is 0 Å². The van der Waals surface area contributed by atoms with Crippen molar-refractivity contribution in [3.05, 3.63) is 57.6 Å². The van der Waals surface area contributed by atoms with E-state index >= 15 is 0 Å². The first-order chi connectivity index (χ1) is 9.10. The third kappa shape index (κ3) is 3.55. The van der Waals surface area contributed by atoms with Crippen molar-refractivity contribution < 1.29 is 4.74 Å². The molecule has 1 N–H and O–H groups in total. The Hall–Kier alpha value is -1.38. The summed E-state index contributed by atoms with van der Waals surface area (Å²) in [5, 5.41) is 4.76. The van der Waals surface area contributed by atoms with Crippen LogP contribution in [0.4, 0.5) is 5.69 Å². The first kappa shape index (κ1) is 14.0. The van der Waals surface area contributed by atoms with Crippen LogP contribution in [0.5, 0.6) is 5.75 Å². The maximum absolute atomic E-state index is 6.01. The van der Waals surface area contributed by atoms with Gasteiger partial charge in [0.05, 0.1) is 7.11 Å². The molecule has 0 saturated carbocycles. The summed E-state index contributed by atoms with van der Waals surface area (Å²) in [4.78, 5) is 0. The summed E-state index contributed by atoms with van der Waals surface area (Å²) < 4.78 is 5.32. The minimum absolute atomic E-state index is 0.630. The number of hydrogen-bond donors (Lipinski definition) is 1. The van der Waals surface area contributed by atoms with Gasteiger partial charge in [-0.25, -0.2) is 0 Å². The molecule has 0 amide bonds. The van der Waals surface area contributed by atoms with Gasteiger partial charge in [0.15, 0.2) is 0 Å². The van der Waals surface area contributed by atoms with Crippen molar-refractivity contribution in [1.82, 2.24) is 0 Å². The molecule has 0 aliphatic rings. The molecule has 0 fully saturated rings. The fraction of sp³-hybridized carbons (Fsp3) is 0.200. The van der Waals surface area contributed by atoms with Gasteiger partial charge < -0.3 is 10.1 Å². The molecule has 4 heteroatoms. The molecule has 0 unspecified atom stereocenters. The Balaban J connectivity index is 2.18. The molecule has 0 bridgehead atoms. The highest BCUT2D eigenvalue weighted by molar-refractivity contribution is 6.31. The Labute approximate surface area is 123 Å². The van der Waals surface area contributed by atoms with Crippen molar-refractivity contribution in [2.24, 2.45) is 0 Å². The minimum atomic E-state index is 0.630. The van der Waals surface area contributed by atoms with Gasteiger partial charge >= 0.3 is 0 Å². The van der Waals surface area contributed by atoms with Gasteiger partial charge in [0.25, 0.3) is 0 Å². The second kappa shape index (κ2) is 6.18. The smallest absolute Gasteiger partial charge is 0.123 e. The second-order valence-electron chi connectivity index (χ2n) is 4.27. The Bertz CT molecular complexity index is 584. The average molecular weight is 296 g/mol. The van der Waals surface area contributed by atoms with Crippen LogP contribution in [0.15, 0.2) is 36.4 Å². The van der Waals surface area contributed by atoms with E-state index in [1.807, 2.05) is 43.3 Å². The first-order valence-electron chi connectivity index (χ1n) is 5.92. The molecule has 0 heterocycles. The number of aryl methyl sites for hydroxylation is 1. The van der Waals surface area contributed by atoms with Crippen molar-refractivity contribution in [3.8, 4) is 5.75 Å². The van der Waals surface area contributed by atoms with Gasteiger partial charge in [-0.1, -0.05) is 29.3 Å². The number of hydrogen-bond acceptors (Lipinski definition) is 2. The molecule has 2 nitrogen and oxygen atoms in total. The third-order valence-corrected chi connectivity index (χ3v) is 3.38. The largest absolute Gasteiger partial charge is 0.496 e. The van der Waals surface area contributed by atoms with E-state index in [9.17, 15) is 0 Å². The van der Waals surface area contributed by atoms with Crippen LogP contribution in [0.2, 0.25) is 10.0 Å². The van der Waals surface area contributed by atoms with Gasteiger partial charge in [0, 0.05) is 27.8 Å². The molecule has 2 aromatic rings.